The van der Waals surface area contributed by atoms with Crippen LogP contribution in [0, 0.1) is 0 Å². The van der Waals surface area contributed by atoms with Gasteiger partial charge in [-0.1, -0.05) is 42.5 Å². The molecule has 0 spiro atoms. The van der Waals surface area contributed by atoms with Gasteiger partial charge >= 0.3 is 5.97 Å². The number of ether oxygens (including phenoxy) is 1. The van der Waals surface area contributed by atoms with E-state index in [0.717, 1.165) is 12.0 Å². The molecule has 0 heterocycles. The van der Waals surface area contributed by atoms with Crippen molar-refractivity contribution in [1.82, 2.24) is 0 Å². The van der Waals surface area contributed by atoms with Gasteiger partial charge < -0.3 is 4.74 Å². The van der Waals surface area contributed by atoms with Crippen molar-refractivity contribution in [2.45, 2.75) is 25.9 Å². The molecule has 0 unspecified atom stereocenters. The molecule has 0 saturated carbocycles. The highest BCUT2D eigenvalue weighted by molar-refractivity contribution is 7.95. The standard InChI is InChI=1S/C16H18O4S/c17-16(20-13-14-7-3-1-4-8-14)11-12-21(18,19)15-9-5-2-6-10-15/h1-5,7-9H,6,10-13H2. The molecule has 0 saturated heterocycles. The number of hydrogen-bond acceptors (Lipinski definition) is 4. The second-order valence-corrected chi connectivity index (χ2v) is 6.98. The molecule has 4 nitrogen and oxygen atoms in total. The van der Waals surface area contributed by atoms with Crippen molar-refractivity contribution < 1.29 is 17.9 Å². The zero-order valence-corrected chi connectivity index (χ0v) is 12.5. The number of esters is 1. The molecule has 0 N–H and O–H groups in total. The molecule has 1 aliphatic carbocycles. The van der Waals surface area contributed by atoms with Crippen LogP contribution in [-0.4, -0.2) is 20.1 Å². The predicted octanol–water partition coefficient (Wildman–Crippen LogP) is 2.77. The summed E-state index contributed by atoms with van der Waals surface area (Å²) in [6, 6.07) is 9.30. The van der Waals surface area contributed by atoms with E-state index in [9.17, 15) is 13.2 Å². The normalized spacial score (nSPS) is 14.6. The van der Waals surface area contributed by atoms with Crippen molar-refractivity contribution in [3.63, 3.8) is 0 Å². The number of benzene rings is 1. The third-order valence-corrected chi connectivity index (χ3v) is 5.07. The van der Waals surface area contributed by atoms with Crippen LogP contribution in [0.2, 0.25) is 0 Å². The van der Waals surface area contributed by atoms with E-state index in [1.807, 2.05) is 36.4 Å². The van der Waals surface area contributed by atoms with Crippen molar-refractivity contribution in [2.75, 3.05) is 5.75 Å². The van der Waals surface area contributed by atoms with Crippen molar-refractivity contribution >= 4 is 15.8 Å². The summed E-state index contributed by atoms with van der Waals surface area (Å²) < 4.78 is 29.2. The number of allylic oxidation sites excluding steroid dienone is 4. The first kappa shape index (κ1) is 15.5. The van der Waals surface area contributed by atoms with Crippen LogP contribution in [-0.2, 0) is 26.0 Å². The summed E-state index contributed by atoms with van der Waals surface area (Å²) in [6.07, 6.45) is 6.39. The van der Waals surface area contributed by atoms with E-state index in [1.165, 1.54) is 0 Å². The first-order valence-corrected chi connectivity index (χ1v) is 8.51. The zero-order chi connectivity index (χ0) is 15.1. The van der Waals surface area contributed by atoms with Crippen LogP contribution in [0.15, 0.2) is 53.5 Å². The molecule has 21 heavy (non-hydrogen) atoms. The highest BCUT2D eigenvalue weighted by Gasteiger charge is 2.20. The SMILES string of the molecule is O=C(CCS(=O)(=O)C1=CC=CCC1)OCc1ccccc1. The lowest BCUT2D eigenvalue weighted by molar-refractivity contribution is -0.144. The average Bonchev–Trinajstić information content (AvgIpc) is 2.53. The molecule has 0 bridgehead atoms. The van der Waals surface area contributed by atoms with E-state index in [4.69, 9.17) is 4.74 Å². The topological polar surface area (TPSA) is 60.4 Å². The minimum Gasteiger partial charge on any atom is -0.461 e. The highest BCUT2D eigenvalue weighted by Crippen LogP contribution is 2.19. The van der Waals surface area contributed by atoms with Gasteiger partial charge in [-0.05, 0) is 24.5 Å². The Morgan fingerprint density at radius 3 is 2.62 bits per heavy atom. The van der Waals surface area contributed by atoms with E-state index in [1.54, 1.807) is 12.2 Å². The Kier molecular flexibility index (Phi) is 5.33. The number of carbonyl (C=O) groups is 1. The van der Waals surface area contributed by atoms with Gasteiger partial charge in [0.25, 0.3) is 0 Å². The Morgan fingerprint density at radius 2 is 1.95 bits per heavy atom. The van der Waals surface area contributed by atoms with Gasteiger partial charge in [0, 0.05) is 4.91 Å². The van der Waals surface area contributed by atoms with Crippen LogP contribution in [0.5, 0.6) is 0 Å². The lowest BCUT2D eigenvalue weighted by Crippen LogP contribution is -2.15. The second-order valence-electron chi connectivity index (χ2n) is 4.81. The van der Waals surface area contributed by atoms with E-state index in [2.05, 4.69) is 0 Å². The molecule has 1 aliphatic rings. The Balaban J connectivity index is 1.81. The maximum Gasteiger partial charge on any atom is 0.307 e. The van der Waals surface area contributed by atoms with Gasteiger partial charge in [-0.2, -0.15) is 0 Å². The Hall–Kier alpha value is -1.88. The molecule has 5 heteroatoms. The van der Waals surface area contributed by atoms with Gasteiger partial charge in [0.1, 0.15) is 6.61 Å². The Labute approximate surface area is 125 Å². The summed E-state index contributed by atoms with van der Waals surface area (Å²) in [6.45, 7) is 0.172. The minimum absolute atomic E-state index is 0.115. The molecule has 1 aromatic carbocycles. The lowest BCUT2D eigenvalue weighted by Gasteiger charge is -2.10. The second kappa shape index (κ2) is 7.22. The van der Waals surface area contributed by atoms with E-state index < -0.39 is 15.8 Å². The molecular weight excluding hydrogens is 288 g/mol. The van der Waals surface area contributed by atoms with E-state index in [0.29, 0.717) is 11.3 Å². The van der Waals surface area contributed by atoms with Gasteiger partial charge in [-0.25, -0.2) is 8.42 Å². The maximum atomic E-state index is 12.1. The molecule has 0 radical (unpaired) electrons. The third-order valence-electron chi connectivity index (χ3n) is 3.19. The zero-order valence-electron chi connectivity index (χ0n) is 11.7. The molecule has 0 amide bonds. The van der Waals surface area contributed by atoms with Crippen LogP contribution in [0.4, 0.5) is 0 Å². The minimum atomic E-state index is -3.35. The molecule has 1 aromatic rings. The largest absolute Gasteiger partial charge is 0.461 e. The van der Waals surface area contributed by atoms with Crippen molar-refractivity contribution in [2.24, 2.45) is 0 Å². The summed E-state index contributed by atoms with van der Waals surface area (Å²) >= 11 is 0. The van der Waals surface area contributed by atoms with Crippen LogP contribution in [0.25, 0.3) is 0 Å². The third kappa shape index (κ3) is 4.86. The van der Waals surface area contributed by atoms with Crippen LogP contribution < -0.4 is 0 Å². The van der Waals surface area contributed by atoms with Crippen LogP contribution in [0.1, 0.15) is 24.8 Å². The maximum absolute atomic E-state index is 12.1. The molecule has 0 fully saturated rings. The number of hydrogen-bond donors (Lipinski definition) is 0. The van der Waals surface area contributed by atoms with Crippen molar-refractivity contribution in [3.8, 4) is 0 Å². The van der Waals surface area contributed by atoms with Crippen LogP contribution >= 0.6 is 0 Å². The van der Waals surface area contributed by atoms with Gasteiger partial charge in [0.2, 0.25) is 0 Å². The lowest BCUT2D eigenvalue weighted by atomic mass is 10.2. The smallest absolute Gasteiger partial charge is 0.307 e. The average molecular weight is 306 g/mol. The molecular formula is C16H18O4S. The quantitative estimate of drug-likeness (QED) is 0.758. The van der Waals surface area contributed by atoms with Crippen molar-refractivity contribution in [1.29, 1.82) is 0 Å². The first-order valence-electron chi connectivity index (χ1n) is 6.86. The summed E-state index contributed by atoms with van der Waals surface area (Å²) in [5.41, 5.74) is 0.883. The van der Waals surface area contributed by atoms with Gasteiger partial charge in [-0.15, -0.1) is 0 Å². The summed E-state index contributed by atoms with van der Waals surface area (Å²) in [5.74, 6) is -0.685. The first-order chi connectivity index (χ1) is 10.1. The number of rotatable bonds is 6. The van der Waals surface area contributed by atoms with E-state index in [-0.39, 0.29) is 18.8 Å². The number of sulfone groups is 1. The molecule has 0 aliphatic heterocycles. The fraction of sp³-hybridized carbons (Fsp3) is 0.312. The van der Waals surface area contributed by atoms with Gasteiger partial charge in [-0.3, -0.25) is 4.79 Å². The predicted molar refractivity (Wildman–Crippen MR) is 81.1 cm³/mol. The highest BCUT2D eigenvalue weighted by atomic mass is 32.2. The van der Waals surface area contributed by atoms with Crippen molar-refractivity contribution in [3.05, 3.63) is 59.0 Å². The number of carbonyl (C=O) groups excluding carboxylic acids is 1. The monoisotopic (exact) mass is 306 g/mol. The van der Waals surface area contributed by atoms with E-state index >= 15 is 0 Å². The summed E-state index contributed by atoms with van der Waals surface area (Å²) in [7, 11) is -3.35. The Bertz CT molecular complexity index is 642. The molecule has 0 aromatic heterocycles. The fourth-order valence-corrected chi connectivity index (χ4v) is 3.41. The van der Waals surface area contributed by atoms with Gasteiger partial charge in [0.05, 0.1) is 12.2 Å². The summed E-state index contributed by atoms with van der Waals surface area (Å²) in [4.78, 5) is 12.0. The summed E-state index contributed by atoms with van der Waals surface area (Å²) in [5, 5.41) is 0. The molecule has 0 atom stereocenters. The Morgan fingerprint density at radius 1 is 1.19 bits per heavy atom. The van der Waals surface area contributed by atoms with Gasteiger partial charge in [0.15, 0.2) is 9.84 Å². The fourth-order valence-electron chi connectivity index (χ4n) is 2.00. The van der Waals surface area contributed by atoms with Crippen LogP contribution in [0.3, 0.4) is 0 Å². The molecule has 112 valence electrons. The molecule has 2 rings (SSSR count).